The summed E-state index contributed by atoms with van der Waals surface area (Å²) in [5.74, 6) is -1.23. The van der Waals surface area contributed by atoms with Crippen molar-refractivity contribution in [1.29, 1.82) is 0 Å². The van der Waals surface area contributed by atoms with Crippen LogP contribution in [0, 0.1) is 0 Å². The molecule has 0 atom stereocenters. The predicted octanol–water partition coefficient (Wildman–Crippen LogP) is 5.35. The van der Waals surface area contributed by atoms with E-state index in [2.05, 4.69) is 6.58 Å². The van der Waals surface area contributed by atoms with Gasteiger partial charge >= 0.3 is 24.1 Å². The first-order valence-corrected chi connectivity index (χ1v) is 12.1. The first-order chi connectivity index (χ1) is 19.2. The Morgan fingerprint density at radius 2 is 1.00 bits per heavy atom. The highest BCUT2D eigenvalue weighted by Gasteiger charge is 2.13. The number of benzene rings is 3. The Kier molecular flexibility index (Phi) is 10.7. The summed E-state index contributed by atoms with van der Waals surface area (Å²) >= 11 is 0. The van der Waals surface area contributed by atoms with Crippen LogP contribution in [0.5, 0.6) is 17.2 Å². The van der Waals surface area contributed by atoms with Gasteiger partial charge in [-0.2, -0.15) is 0 Å². The molecule has 0 aliphatic heterocycles. The number of carbonyl (C=O) groups excluding carboxylic acids is 5. The molecule has 3 rings (SSSR count). The molecule has 10 nitrogen and oxygen atoms in total. The molecule has 3 aromatic rings. The van der Waals surface area contributed by atoms with Crippen LogP contribution in [0.4, 0.5) is 4.79 Å². The molecule has 0 aliphatic rings. The lowest BCUT2D eigenvalue weighted by atomic mass is 10.1. The number of ether oxygens (including phenoxy) is 5. The number of carbonyl (C=O) groups is 5. The van der Waals surface area contributed by atoms with Gasteiger partial charge in [-0.05, 0) is 92.6 Å². The zero-order chi connectivity index (χ0) is 28.9. The number of ketones is 1. The molecular weight excluding hydrogens is 520 g/mol. The van der Waals surface area contributed by atoms with Crippen molar-refractivity contribution < 1.29 is 47.7 Å². The van der Waals surface area contributed by atoms with Gasteiger partial charge in [-0.15, -0.1) is 0 Å². The zero-order valence-corrected chi connectivity index (χ0v) is 21.6. The monoisotopic (exact) mass is 546 g/mol. The lowest BCUT2D eigenvalue weighted by Crippen LogP contribution is -2.13. The lowest BCUT2D eigenvalue weighted by Gasteiger charge is -2.08. The third-order valence-electron chi connectivity index (χ3n) is 5.23. The highest BCUT2D eigenvalue weighted by Crippen LogP contribution is 2.19. The number of esters is 3. The molecular formula is C30H26O10. The van der Waals surface area contributed by atoms with Gasteiger partial charge in [0.2, 0.25) is 0 Å². The fourth-order valence-electron chi connectivity index (χ4n) is 3.12. The summed E-state index contributed by atoms with van der Waals surface area (Å²) in [6.45, 7) is 5.01. The van der Waals surface area contributed by atoms with Crippen LogP contribution in [-0.4, -0.2) is 43.1 Å². The highest BCUT2D eigenvalue weighted by atomic mass is 16.7. The topological polar surface area (TPSA) is 132 Å². The third kappa shape index (κ3) is 9.25. The molecule has 206 valence electrons. The van der Waals surface area contributed by atoms with Crippen LogP contribution in [0.25, 0.3) is 0 Å². The van der Waals surface area contributed by atoms with Crippen molar-refractivity contribution in [3.8, 4) is 17.2 Å². The van der Waals surface area contributed by atoms with Crippen LogP contribution in [0.3, 0.4) is 0 Å². The van der Waals surface area contributed by atoms with E-state index in [1.165, 1.54) is 67.6 Å². The van der Waals surface area contributed by atoms with Crippen molar-refractivity contribution in [2.45, 2.75) is 19.8 Å². The molecule has 0 fully saturated rings. The number of unbranched alkanes of at least 4 members (excludes halogenated alkanes) is 1. The van der Waals surface area contributed by atoms with Gasteiger partial charge in [0.05, 0.1) is 24.3 Å². The summed E-state index contributed by atoms with van der Waals surface area (Å²) in [6.07, 6.45) is 1.14. The average molecular weight is 547 g/mol. The summed E-state index contributed by atoms with van der Waals surface area (Å²) in [6, 6.07) is 17.6. The second kappa shape index (κ2) is 14.6. The molecule has 3 aromatic carbocycles. The maximum absolute atomic E-state index is 12.5. The average Bonchev–Trinajstić information content (AvgIpc) is 2.95. The highest BCUT2D eigenvalue weighted by molar-refractivity contribution is 5.95. The van der Waals surface area contributed by atoms with Gasteiger partial charge in [0.15, 0.2) is 5.78 Å². The summed E-state index contributed by atoms with van der Waals surface area (Å²) in [7, 11) is 0. The van der Waals surface area contributed by atoms with Crippen molar-refractivity contribution in [2.75, 3.05) is 13.2 Å². The number of Topliss-reactive ketones (excluding diaryl/α,β-unsaturated/α-hetero) is 1. The normalized spacial score (nSPS) is 10.1. The molecule has 0 heterocycles. The SMILES string of the molecule is C=CC(=O)OCCCCOC(=O)Oc1ccc(C(=O)Oc2ccc(C(=O)Oc3ccc(C(C)=O)cc3)cc2)cc1. The van der Waals surface area contributed by atoms with E-state index in [4.69, 9.17) is 23.7 Å². The van der Waals surface area contributed by atoms with Gasteiger partial charge < -0.3 is 23.7 Å². The molecule has 0 N–H and O–H groups in total. The number of hydrogen-bond donors (Lipinski definition) is 0. The summed E-state index contributed by atoms with van der Waals surface area (Å²) in [5, 5.41) is 0. The standard InChI is InChI=1S/C30H26O10/c1-3-27(32)36-18-4-5-19-37-30(35)40-26-16-10-23(11-17-26)29(34)39-25-14-8-22(9-15-25)28(33)38-24-12-6-21(7-13-24)20(2)31/h3,6-17H,1,4-5,18-19H2,2H3. The maximum atomic E-state index is 12.5. The van der Waals surface area contributed by atoms with Crippen molar-refractivity contribution in [3.05, 3.63) is 102 Å². The van der Waals surface area contributed by atoms with Gasteiger partial charge in [-0.1, -0.05) is 6.58 Å². The van der Waals surface area contributed by atoms with E-state index in [-0.39, 0.29) is 47.4 Å². The molecule has 0 spiro atoms. The molecule has 0 aromatic heterocycles. The molecule has 0 radical (unpaired) electrons. The van der Waals surface area contributed by atoms with Crippen molar-refractivity contribution in [3.63, 3.8) is 0 Å². The largest absolute Gasteiger partial charge is 0.513 e. The maximum Gasteiger partial charge on any atom is 0.513 e. The van der Waals surface area contributed by atoms with E-state index in [9.17, 15) is 24.0 Å². The van der Waals surface area contributed by atoms with E-state index in [0.717, 1.165) is 6.08 Å². The van der Waals surface area contributed by atoms with E-state index in [0.29, 0.717) is 18.4 Å². The molecule has 40 heavy (non-hydrogen) atoms. The second-order valence-electron chi connectivity index (χ2n) is 8.19. The van der Waals surface area contributed by atoms with Crippen molar-refractivity contribution in [2.24, 2.45) is 0 Å². The van der Waals surface area contributed by atoms with Crippen LogP contribution in [-0.2, 0) is 14.3 Å². The predicted molar refractivity (Wildman–Crippen MR) is 142 cm³/mol. The first-order valence-electron chi connectivity index (χ1n) is 12.1. The van der Waals surface area contributed by atoms with E-state index < -0.39 is 24.1 Å². The van der Waals surface area contributed by atoms with Gasteiger partial charge in [-0.25, -0.2) is 19.2 Å². The minimum absolute atomic E-state index is 0.0829. The third-order valence-corrected chi connectivity index (χ3v) is 5.23. The summed E-state index contributed by atoms with van der Waals surface area (Å²) < 4.78 is 25.4. The molecule has 0 amide bonds. The quantitative estimate of drug-likeness (QED) is 0.0731. The van der Waals surface area contributed by atoms with Gasteiger partial charge in [0.1, 0.15) is 17.2 Å². The summed E-state index contributed by atoms with van der Waals surface area (Å²) in [4.78, 5) is 58.9. The van der Waals surface area contributed by atoms with Crippen molar-refractivity contribution in [1.82, 2.24) is 0 Å². The Bertz CT molecular complexity index is 1360. The molecule has 10 heteroatoms. The van der Waals surface area contributed by atoms with Gasteiger partial charge in [0, 0.05) is 11.6 Å². The van der Waals surface area contributed by atoms with Crippen LogP contribution >= 0.6 is 0 Å². The molecule has 0 saturated carbocycles. The van der Waals surface area contributed by atoms with Gasteiger partial charge in [-0.3, -0.25) is 4.79 Å². The smallest absolute Gasteiger partial charge is 0.463 e. The van der Waals surface area contributed by atoms with Gasteiger partial charge in [0.25, 0.3) is 0 Å². The fraction of sp³-hybridized carbons (Fsp3) is 0.167. The van der Waals surface area contributed by atoms with Crippen LogP contribution in [0.15, 0.2) is 85.5 Å². The molecule has 0 aliphatic carbocycles. The van der Waals surface area contributed by atoms with E-state index >= 15 is 0 Å². The Morgan fingerprint density at radius 1 is 0.600 bits per heavy atom. The fourth-order valence-corrected chi connectivity index (χ4v) is 3.12. The molecule has 0 bridgehead atoms. The minimum atomic E-state index is -0.912. The van der Waals surface area contributed by atoms with E-state index in [1.54, 1.807) is 12.1 Å². The second-order valence-corrected chi connectivity index (χ2v) is 8.19. The number of rotatable bonds is 12. The first kappa shape index (κ1) is 29.3. The lowest BCUT2D eigenvalue weighted by molar-refractivity contribution is -0.137. The zero-order valence-electron chi connectivity index (χ0n) is 21.6. The Hall–Kier alpha value is -5.25. The van der Waals surface area contributed by atoms with Crippen LogP contribution in [0.2, 0.25) is 0 Å². The van der Waals surface area contributed by atoms with Crippen molar-refractivity contribution >= 4 is 29.8 Å². The summed E-state index contributed by atoms with van der Waals surface area (Å²) in [5.41, 5.74) is 0.942. The van der Waals surface area contributed by atoms with Crippen LogP contribution < -0.4 is 14.2 Å². The Balaban J connectivity index is 1.43. The molecule has 0 saturated heterocycles. The Labute approximate surface area is 230 Å². The molecule has 0 unspecified atom stereocenters. The number of hydrogen-bond acceptors (Lipinski definition) is 10. The minimum Gasteiger partial charge on any atom is -0.463 e. The Morgan fingerprint density at radius 3 is 1.43 bits per heavy atom. The van der Waals surface area contributed by atoms with E-state index in [1.807, 2.05) is 0 Å². The van der Waals surface area contributed by atoms with Crippen LogP contribution in [0.1, 0.15) is 50.8 Å².